The van der Waals surface area contributed by atoms with Crippen LogP contribution in [0, 0.1) is 11.3 Å². The van der Waals surface area contributed by atoms with Crippen molar-refractivity contribution in [1.29, 1.82) is 5.26 Å². The Morgan fingerprint density at radius 3 is 2.44 bits per heavy atom. The molecule has 0 spiro atoms. The topological polar surface area (TPSA) is 111 Å². The first-order chi connectivity index (χ1) is 11.6. The van der Waals surface area contributed by atoms with Crippen LogP contribution in [0.2, 0.25) is 0 Å². The van der Waals surface area contributed by atoms with Crippen LogP contribution in [0.25, 0.3) is 11.3 Å². The van der Waals surface area contributed by atoms with E-state index in [9.17, 15) is 22.0 Å². The van der Waals surface area contributed by atoms with Gasteiger partial charge in [0, 0.05) is 5.56 Å². The number of hydrogen-bond acceptors (Lipinski definition) is 6. The molecule has 0 fully saturated rings. The van der Waals surface area contributed by atoms with Gasteiger partial charge in [-0.2, -0.15) is 23.4 Å². The zero-order valence-corrected chi connectivity index (χ0v) is 12.3. The van der Waals surface area contributed by atoms with Gasteiger partial charge in [-0.15, -0.1) is 0 Å². The SMILES string of the molecule is N#Cc1c(N)nc(N)nc1-c1ccc(C(F)(F)F)c(OCC(F)F)c1. The number of alkyl halides is 5. The van der Waals surface area contributed by atoms with E-state index in [1.807, 2.05) is 0 Å². The summed E-state index contributed by atoms with van der Waals surface area (Å²) in [6.07, 6.45) is -7.79. The molecule has 25 heavy (non-hydrogen) atoms. The second-order valence-electron chi connectivity index (χ2n) is 4.71. The number of nitriles is 1. The minimum absolute atomic E-state index is 0.0189. The molecule has 132 valence electrons. The van der Waals surface area contributed by atoms with Gasteiger partial charge in [-0.1, -0.05) is 6.07 Å². The zero-order chi connectivity index (χ0) is 18.8. The van der Waals surface area contributed by atoms with Crippen molar-refractivity contribution in [1.82, 2.24) is 9.97 Å². The molecule has 1 heterocycles. The lowest BCUT2D eigenvalue weighted by molar-refractivity contribution is -0.139. The fourth-order valence-electron chi connectivity index (χ4n) is 1.99. The summed E-state index contributed by atoms with van der Waals surface area (Å²) in [5, 5.41) is 9.12. The highest BCUT2D eigenvalue weighted by atomic mass is 19.4. The summed E-state index contributed by atoms with van der Waals surface area (Å²) in [5.74, 6) is -1.40. The number of aromatic nitrogens is 2. The third-order valence-electron chi connectivity index (χ3n) is 2.99. The highest BCUT2D eigenvalue weighted by Crippen LogP contribution is 2.39. The van der Waals surface area contributed by atoms with Gasteiger partial charge >= 0.3 is 6.18 Å². The van der Waals surface area contributed by atoms with Gasteiger partial charge in [-0.3, -0.25) is 0 Å². The lowest BCUT2D eigenvalue weighted by Crippen LogP contribution is -2.13. The van der Waals surface area contributed by atoms with E-state index >= 15 is 0 Å². The molecule has 0 bridgehead atoms. The molecular weight excluding hydrogens is 349 g/mol. The van der Waals surface area contributed by atoms with E-state index in [4.69, 9.17) is 16.7 Å². The molecule has 6 nitrogen and oxygen atoms in total. The van der Waals surface area contributed by atoms with Gasteiger partial charge in [0.2, 0.25) is 5.95 Å². The Morgan fingerprint density at radius 2 is 1.88 bits per heavy atom. The van der Waals surface area contributed by atoms with Crippen LogP contribution < -0.4 is 16.2 Å². The molecule has 2 aromatic rings. The predicted molar refractivity (Wildman–Crippen MR) is 77.5 cm³/mol. The van der Waals surface area contributed by atoms with Crippen molar-refractivity contribution in [2.75, 3.05) is 18.1 Å². The molecule has 2 rings (SSSR count). The summed E-state index contributed by atoms with van der Waals surface area (Å²) in [7, 11) is 0. The fourth-order valence-corrected chi connectivity index (χ4v) is 1.99. The predicted octanol–water partition coefficient (Wildman–Crippen LogP) is 2.84. The number of ether oxygens (including phenoxy) is 1. The molecule has 0 unspecified atom stereocenters. The van der Waals surface area contributed by atoms with Crippen LogP contribution in [0.15, 0.2) is 18.2 Å². The molecule has 1 aromatic heterocycles. The Labute approximate surface area is 137 Å². The molecule has 11 heteroatoms. The highest BCUT2D eigenvalue weighted by Gasteiger charge is 2.35. The zero-order valence-electron chi connectivity index (χ0n) is 12.3. The Hall–Kier alpha value is -3.16. The number of nitrogen functional groups attached to an aromatic ring is 2. The molecule has 0 saturated carbocycles. The van der Waals surface area contributed by atoms with Gasteiger partial charge < -0.3 is 16.2 Å². The minimum atomic E-state index is -4.82. The van der Waals surface area contributed by atoms with Crippen LogP contribution in [0.3, 0.4) is 0 Å². The standard InChI is InChI=1S/C14H10F5N5O/c15-10(16)5-25-9-3-6(1-2-8(9)14(17,18)19)11-7(4-20)12(21)24-13(22)23-11/h1-3,10H,5H2,(H4,21,22,23,24). The van der Waals surface area contributed by atoms with Crippen LogP contribution in [0.1, 0.15) is 11.1 Å². The van der Waals surface area contributed by atoms with E-state index in [0.29, 0.717) is 6.07 Å². The highest BCUT2D eigenvalue weighted by molar-refractivity contribution is 5.74. The van der Waals surface area contributed by atoms with Crippen molar-refractivity contribution in [3.8, 4) is 23.1 Å². The third-order valence-corrected chi connectivity index (χ3v) is 2.99. The lowest BCUT2D eigenvalue weighted by Gasteiger charge is -2.15. The van der Waals surface area contributed by atoms with E-state index in [2.05, 4.69) is 14.7 Å². The molecule has 0 atom stereocenters. The summed E-state index contributed by atoms with van der Waals surface area (Å²) in [6, 6.07) is 4.19. The molecule has 0 saturated heterocycles. The summed E-state index contributed by atoms with van der Waals surface area (Å²) in [4.78, 5) is 7.36. The van der Waals surface area contributed by atoms with Crippen LogP contribution >= 0.6 is 0 Å². The van der Waals surface area contributed by atoms with Crippen molar-refractivity contribution in [3.05, 3.63) is 29.3 Å². The Bertz CT molecular complexity index is 832. The number of anilines is 2. The Morgan fingerprint density at radius 1 is 1.20 bits per heavy atom. The molecule has 0 aliphatic heterocycles. The molecule has 0 radical (unpaired) electrons. The average Bonchev–Trinajstić information content (AvgIpc) is 2.51. The summed E-state index contributed by atoms with van der Waals surface area (Å²) in [5.41, 5.74) is 9.36. The fraction of sp³-hybridized carbons (Fsp3) is 0.214. The van der Waals surface area contributed by atoms with E-state index in [0.717, 1.165) is 12.1 Å². The lowest BCUT2D eigenvalue weighted by atomic mass is 10.0. The maximum absolute atomic E-state index is 13.0. The van der Waals surface area contributed by atoms with Crippen molar-refractivity contribution >= 4 is 11.8 Å². The van der Waals surface area contributed by atoms with Crippen molar-refractivity contribution in [2.45, 2.75) is 12.6 Å². The van der Waals surface area contributed by atoms with Crippen molar-refractivity contribution < 1.29 is 26.7 Å². The smallest absolute Gasteiger partial charge is 0.419 e. The van der Waals surface area contributed by atoms with Gasteiger partial charge in [0.25, 0.3) is 6.43 Å². The number of rotatable bonds is 4. The molecule has 4 N–H and O–H groups in total. The summed E-state index contributed by atoms with van der Waals surface area (Å²) >= 11 is 0. The van der Waals surface area contributed by atoms with Crippen LogP contribution in [-0.4, -0.2) is 23.0 Å². The van der Waals surface area contributed by atoms with E-state index < -0.39 is 30.5 Å². The summed E-state index contributed by atoms with van der Waals surface area (Å²) in [6.45, 7) is -1.23. The normalized spacial score (nSPS) is 11.4. The number of nitrogens with zero attached hydrogens (tertiary/aromatic N) is 3. The first-order valence-corrected chi connectivity index (χ1v) is 6.59. The largest absolute Gasteiger partial charge is 0.487 e. The first kappa shape index (κ1) is 18.2. The van der Waals surface area contributed by atoms with Gasteiger partial charge in [-0.05, 0) is 12.1 Å². The molecular formula is C14H10F5N5O. The van der Waals surface area contributed by atoms with Crippen molar-refractivity contribution in [2.24, 2.45) is 0 Å². The Balaban J connectivity index is 2.61. The van der Waals surface area contributed by atoms with E-state index in [1.165, 1.54) is 0 Å². The minimum Gasteiger partial charge on any atom is -0.487 e. The first-order valence-electron chi connectivity index (χ1n) is 6.59. The van der Waals surface area contributed by atoms with Crippen LogP contribution in [-0.2, 0) is 6.18 Å². The second kappa shape index (κ2) is 6.76. The van der Waals surface area contributed by atoms with Gasteiger partial charge in [0.05, 0.1) is 11.3 Å². The number of hydrogen-bond donors (Lipinski definition) is 2. The third kappa shape index (κ3) is 4.03. The quantitative estimate of drug-likeness (QED) is 0.812. The molecule has 1 aromatic carbocycles. The number of halogens is 5. The maximum atomic E-state index is 13.0. The average molecular weight is 359 g/mol. The van der Waals surface area contributed by atoms with Gasteiger partial charge in [0.1, 0.15) is 29.8 Å². The van der Waals surface area contributed by atoms with Gasteiger partial charge in [0.15, 0.2) is 0 Å². The van der Waals surface area contributed by atoms with Crippen molar-refractivity contribution in [3.63, 3.8) is 0 Å². The maximum Gasteiger partial charge on any atom is 0.419 e. The monoisotopic (exact) mass is 359 g/mol. The molecule has 0 aliphatic rings. The molecule has 0 amide bonds. The van der Waals surface area contributed by atoms with Crippen LogP contribution in [0.5, 0.6) is 5.75 Å². The summed E-state index contributed by atoms with van der Waals surface area (Å²) < 4.78 is 68.1. The Kier molecular flexibility index (Phi) is 4.92. The molecule has 0 aliphatic carbocycles. The number of benzene rings is 1. The van der Waals surface area contributed by atoms with E-state index in [1.54, 1.807) is 6.07 Å². The second-order valence-corrected chi connectivity index (χ2v) is 4.71. The van der Waals surface area contributed by atoms with Crippen LogP contribution in [0.4, 0.5) is 33.7 Å². The van der Waals surface area contributed by atoms with E-state index in [-0.39, 0.29) is 28.6 Å². The van der Waals surface area contributed by atoms with Gasteiger partial charge in [-0.25, -0.2) is 13.8 Å². The number of nitrogens with two attached hydrogens (primary N) is 2.